The van der Waals surface area contributed by atoms with Crippen molar-refractivity contribution in [2.75, 3.05) is 18.6 Å². The Morgan fingerprint density at radius 2 is 2.03 bits per heavy atom. The third kappa shape index (κ3) is 4.23. The van der Waals surface area contributed by atoms with Gasteiger partial charge in [0.2, 0.25) is 0 Å². The van der Waals surface area contributed by atoms with E-state index in [0.717, 1.165) is 98.9 Å². The average molecular weight is 468 g/mol. The largest absolute Gasteiger partial charge is 0.452 e. The number of hydrogen-bond donors (Lipinski definition) is 0. The summed E-state index contributed by atoms with van der Waals surface area (Å²) < 4.78 is 13.4. The summed E-state index contributed by atoms with van der Waals surface area (Å²) in [4.78, 5) is 31.8. The molecule has 1 aliphatic carbocycles. The van der Waals surface area contributed by atoms with Gasteiger partial charge in [0.15, 0.2) is 0 Å². The van der Waals surface area contributed by atoms with Crippen LogP contribution in [0.3, 0.4) is 0 Å². The number of anilines is 1. The van der Waals surface area contributed by atoms with Crippen molar-refractivity contribution < 1.29 is 19.1 Å². The first-order valence-electron chi connectivity index (χ1n) is 13.0. The molecule has 3 aliphatic rings. The van der Waals surface area contributed by atoms with Crippen LogP contribution in [0, 0.1) is 5.92 Å². The summed E-state index contributed by atoms with van der Waals surface area (Å²) >= 11 is 0. The molecule has 5 rings (SSSR count). The van der Waals surface area contributed by atoms with Crippen molar-refractivity contribution in [2.24, 2.45) is 5.92 Å². The van der Waals surface area contributed by atoms with E-state index in [2.05, 4.69) is 23.6 Å². The second-order valence-corrected chi connectivity index (χ2v) is 10.4. The van der Waals surface area contributed by atoms with Gasteiger partial charge in [0.05, 0.1) is 29.9 Å². The lowest BCUT2D eigenvalue weighted by atomic mass is 9.83. The number of ether oxygens (including phenoxy) is 2. The van der Waals surface area contributed by atoms with Crippen LogP contribution in [0.25, 0.3) is 11.0 Å². The number of carbonyl (C=O) groups excluding carboxylic acids is 2. The molecule has 34 heavy (non-hydrogen) atoms. The number of rotatable bonds is 5. The fourth-order valence-electron chi connectivity index (χ4n) is 6.34. The average Bonchev–Trinajstić information content (AvgIpc) is 3.49. The quantitative estimate of drug-likeness (QED) is 0.591. The number of aryl methyl sites for hydroxylation is 2. The van der Waals surface area contributed by atoms with E-state index >= 15 is 0 Å². The Morgan fingerprint density at radius 3 is 2.76 bits per heavy atom. The molecule has 0 bridgehead atoms. The lowest BCUT2D eigenvalue weighted by molar-refractivity contribution is -0.122. The number of hydrogen-bond acceptors (Lipinski definition) is 5. The lowest BCUT2D eigenvalue weighted by Gasteiger charge is -2.34. The van der Waals surface area contributed by atoms with Gasteiger partial charge < -0.3 is 14.0 Å². The Bertz CT molecular complexity index is 1070. The van der Waals surface area contributed by atoms with Gasteiger partial charge in [-0.15, -0.1) is 0 Å². The highest BCUT2D eigenvalue weighted by atomic mass is 16.5. The first kappa shape index (κ1) is 23.3. The summed E-state index contributed by atoms with van der Waals surface area (Å²) in [6.45, 7) is 4.66. The molecule has 2 fully saturated rings. The van der Waals surface area contributed by atoms with E-state index in [1.54, 1.807) is 11.8 Å². The number of methoxy groups -OCH3 is 1. The summed E-state index contributed by atoms with van der Waals surface area (Å²) in [7, 11) is 1.44. The van der Waals surface area contributed by atoms with Crippen molar-refractivity contribution in [3.05, 3.63) is 23.5 Å². The molecule has 1 saturated heterocycles. The maximum absolute atomic E-state index is 12.6. The molecule has 0 radical (unpaired) electrons. The molecule has 1 amide bonds. The first-order chi connectivity index (χ1) is 16.5. The monoisotopic (exact) mass is 467 g/mol. The van der Waals surface area contributed by atoms with Gasteiger partial charge in [-0.1, -0.05) is 6.42 Å². The number of ketones is 1. The fraction of sp³-hybridized carbons (Fsp3) is 0.667. The smallest absolute Gasteiger partial charge is 0.414 e. The lowest BCUT2D eigenvalue weighted by Crippen LogP contribution is -2.42. The zero-order valence-corrected chi connectivity index (χ0v) is 20.7. The highest BCUT2D eigenvalue weighted by Gasteiger charge is 2.33. The van der Waals surface area contributed by atoms with Crippen LogP contribution < -0.4 is 4.90 Å². The number of benzene rings is 1. The summed E-state index contributed by atoms with van der Waals surface area (Å²) in [5, 5.41) is 0. The third-order valence-corrected chi connectivity index (χ3v) is 8.20. The van der Waals surface area contributed by atoms with E-state index in [-0.39, 0.29) is 24.1 Å². The molecule has 4 atom stereocenters. The SMILES string of the molecule is COC(=O)N1c2ccc3c(nc(CC[C@H]4CCCO4)n3[C@@H]3CCC[C@@H](C(C)=O)C3)c2CC[C@@H]1C. The maximum Gasteiger partial charge on any atom is 0.414 e. The zero-order chi connectivity index (χ0) is 23.8. The van der Waals surface area contributed by atoms with Crippen molar-refractivity contribution in [1.29, 1.82) is 0 Å². The van der Waals surface area contributed by atoms with Gasteiger partial charge in [-0.25, -0.2) is 9.78 Å². The van der Waals surface area contributed by atoms with Gasteiger partial charge in [0, 0.05) is 36.6 Å². The van der Waals surface area contributed by atoms with Crippen LogP contribution in [0.4, 0.5) is 10.5 Å². The molecule has 184 valence electrons. The van der Waals surface area contributed by atoms with E-state index in [1.165, 1.54) is 7.11 Å². The van der Waals surface area contributed by atoms with Gasteiger partial charge in [-0.05, 0) is 77.3 Å². The van der Waals surface area contributed by atoms with Crippen molar-refractivity contribution in [2.45, 2.75) is 96.2 Å². The standard InChI is InChI=1S/C27H37N3O4/c1-17-9-11-22-23(29(17)27(32)33-3)12-13-24-26(22)28-25(14-10-21-8-5-15-34-21)30(24)20-7-4-6-19(16-20)18(2)31/h12-13,17,19-21H,4-11,14-16H2,1-3H3/t17-,19+,20+,21+/m0/s1. The molecule has 1 saturated carbocycles. The molecule has 2 aliphatic heterocycles. The van der Waals surface area contributed by atoms with E-state index in [4.69, 9.17) is 14.5 Å². The maximum atomic E-state index is 12.6. The highest BCUT2D eigenvalue weighted by molar-refractivity contribution is 5.95. The molecule has 7 nitrogen and oxygen atoms in total. The second-order valence-electron chi connectivity index (χ2n) is 10.4. The molecule has 0 N–H and O–H groups in total. The van der Waals surface area contributed by atoms with Crippen LogP contribution in [0.15, 0.2) is 12.1 Å². The van der Waals surface area contributed by atoms with Gasteiger partial charge >= 0.3 is 6.09 Å². The van der Waals surface area contributed by atoms with E-state index in [0.29, 0.717) is 11.9 Å². The topological polar surface area (TPSA) is 73.7 Å². The number of nitrogens with zero attached hydrogens (tertiary/aromatic N) is 3. The molecular weight excluding hydrogens is 430 g/mol. The Balaban J connectivity index is 1.57. The Hall–Kier alpha value is -2.41. The molecule has 1 aromatic carbocycles. The number of amides is 1. The molecule has 3 heterocycles. The van der Waals surface area contributed by atoms with Crippen LogP contribution in [0.2, 0.25) is 0 Å². The van der Waals surface area contributed by atoms with Crippen molar-refractivity contribution in [3.63, 3.8) is 0 Å². The first-order valence-corrected chi connectivity index (χ1v) is 13.0. The van der Waals surface area contributed by atoms with Gasteiger partial charge in [-0.3, -0.25) is 9.69 Å². The normalized spacial score (nSPS) is 27.1. The highest BCUT2D eigenvalue weighted by Crippen LogP contribution is 2.41. The molecule has 0 spiro atoms. The van der Waals surface area contributed by atoms with Gasteiger partial charge in [-0.2, -0.15) is 0 Å². The minimum absolute atomic E-state index is 0.0909. The number of Topliss-reactive ketones (excluding diaryl/α,β-unsaturated/α-hetero) is 1. The predicted octanol–water partition coefficient (Wildman–Crippen LogP) is 5.38. The number of carbonyl (C=O) groups is 2. The molecule has 1 aromatic heterocycles. The Morgan fingerprint density at radius 1 is 1.18 bits per heavy atom. The van der Waals surface area contributed by atoms with Gasteiger partial charge in [0.25, 0.3) is 0 Å². The minimum Gasteiger partial charge on any atom is -0.452 e. The van der Waals surface area contributed by atoms with Crippen molar-refractivity contribution >= 4 is 28.6 Å². The molecule has 2 aromatic rings. The fourth-order valence-corrected chi connectivity index (χ4v) is 6.34. The molecule has 7 heteroatoms. The third-order valence-electron chi connectivity index (χ3n) is 8.20. The van der Waals surface area contributed by atoms with E-state index in [1.807, 2.05) is 0 Å². The van der Waals surface area contributed by atoms with Crippen LogP contribution in [-0.2, 0) is 27.1 Å². The van der Waals surface area contributed by atoms with Crippen molar-refractivity contribution in [3.8, 4) is 0 Å². The van der Waals surface area contributed by atoms with E-state index in [9.17, 15) is 9.59 Å². The molecule has 0 unspecified atom stereocenters. The van der Waals surface area contributed by atoms with E-state index < -0.39 is 0 Å². The number of aromatic nitrogens is 2. The minimum atomic E-state index is -0.317. The van der Waals surface area contributed by atoms with Crippen LogP contribution in [0.5, 0.6) is 0 Å². The predicted molar refractivity (Wildman–Crippen MR) is 131 cm³/mol. The summed E-state index contributed by atoms with van der Waals surface area (Å²) in [6.07, 6.45) is 9.89. The van der Waals surface area contributed by atoms with Crippen molar-refractivity contribution in [1.82, 2.24) is 9.55 Å². The summed E-state index contributed by atoms with van der Waals surface area (Å²) in [5.41, 5.74) is 4.19. The number of fused-ring (bicyclic) bond motifs is 3. The number of imidazole rings is 1. The van der Waals surface area contributed by atoms with Crippen LogP contribution >= 0.6 is 0 Å². The Labute approximate surface area is 201 Å². The second kappa shape index (κ2) is 9.68. The van der Waals surface area contributed by atoms with Crippen LogP contribution in [0.1, 0.15) is 82.6 Å². The molecular formula is C27H37N3O4. The van der Waals surface area contributed by atoms with Gasteiger partial charge in [0.1, 0.15) is 11.6 Å². The zero-order valence-electron chi connectivity index (χ0n) is 20.7. The Kier molecular flexibility index (Phi) is 6.65. The summed E-state index contributed by atoms with van der Waals surface area (Å²) in [5.74, 6) is 1.53. The van der Waals surface area contributed by atoms with Crippen LogP contribution in [-0.4, -0.2) is 47.3 Å². The summed E-state index contributed by atoms with van der Waals surface area (Å²) in [6, 6.07) is 4.57.